The molecule has 1 aliphatic carbocycles. The van der Waals surface area contributed by atoms with Crippen LogP contribution in [0.5, 0.6) is 0 Å². The summed E-state index contributed by atoms with van der Waals surface area (Å²) in [6, 6.07) is 5.66. The number of aromatic nitrogens is 3. The largest absolute Gasteiger partial charge is 0.440 e. The van der Waals surface area contributed by atoms with Crippen molar-refractivity contribution in [3.05, 3.63) is 47.1 Å². The maximum Gasteiger partial charge on any atom is 0.389 e. The fourth-order valence-corrected chi connectivity index (χ4v) is 5.22. The van der Waals surface area contributed by atoms with Crippen molar-refractivity contribution in [1.29, 1.82) is 0 Å². The lowest BCUT2D eigenvalue weighted by Crippen LogP contribution is -2.32. The Morgan fingerprint density at radius 3 is 2.54 bits per heavy atom. The molecule has 14 heteroatoms. The molecule has 2 amide bonds. The number of ether oxygens (including phenoxy) is 1. The molecule has 9 nitrogen and oxygen atoms in total. The Hall–Kier alpha value is -3.55. The number of primary amides is 1. The minimum Gasteiger partial charge on any atom is -0.440 e. The fourth-order valence-electron chi connectivity index (χ4n) is 5.22. The molecule has 1 saturated carbocycles. The van der Waals surface area contributed by atoms with Crippen LogP contribution in [0.4, 0.5) is 22.0 Å². The first kappa shape index (κ1) is 30.4. The molecule has 1 aliphatic rings. The van der Waals surface area contributed by atoms with Crippen LogP contribution in [0, 0.1) is 5.92 Å². The number of nitrogens with zero attached hydrogens (tertiary/aromatic N) is 3. The molecule has 2 heterocycles. The number of fused-ring (bicyclic) bond motifs is 1. The van der Waals surface area contributed by atoms with Gasteiger partial charge in [-0.15, -0.1) is 0 Å². The Bertz CT molecular complexity index is 1380. The number of amides is 2. The van der Waals surface area contributed by atoms with Gasteiger partial charge in [-0.25, -0.2) is 13.8 Å². The van der Waals surface area contributed by atoms with Gasteiger partial charge >= 0.3 is 6.18 Å². The topological polar surface area (TPSA) is 125 Å². The number of aryl methyl sites for hydroxylation is 1. The predicted octanol–water partition coefficient (Wildman–Crippen LogP) is 5.25. The summed E-state index contributed by atoms with van der Waals surface area (Å²) in [4.78, 5) is 28.8. The molecular formula is C27H32F5N5O4. The van der Waals surface area contributed by atoms with Crippen LogP contribution in [-0.2, 0) is 16.1 Å². The molecule has 2 unspecified atom stereocenters. The molecule has 3 aromatic rings. The van der Waals surface area contributed by atoms with Crippen LogP contribution in [0.1, 0.15) is 85.0 Å². The summed E-state index contributed by atoms with van der Waals surface area (Å²) in [5.74, 6) is -4.93. The zero-order chi connectivity index (χ0) is 29.9. The lowest BCUT2D eigenvalue weighted by atomic mass is 9.77. The third-order valence-corrected chi connectivity index (χ3v) is 7.30. The highest BCUT2D eigenvalue weighted by atomic mass is 19.4. The molecule has 41 heavy (non-hydrogen) atoms. The molecule has 0 aliphatic heterocycles. The van der Waals surface area contributed by atoms with E-state index < -0.39 is 48.7 Å². The summed E-state index contributed by atoms with van der Waals surface area (Å²) in [7, 11) is 1.40. The normalized spacial score (nSPS) is 17.4. The van der Waals surface area contributed by atoms with E-state index in [1.165, 1.54) is 17.9 Å². The monoisotopic (exact) mass is 585 g/mol. The Balaban J connectivity index is 1.67. The van der Waals surface area contributed by atoms with Crippen molar-refractivity contribution in [3.8, 4) is 0 Å². The van der Waals surface area contributed by atoms with Gasteiger partial charge in [0.05, 0.1) is 30.7 Å². The molecule has 0 radical (unpaired) electrons. The zero-order valence-corrected chi connectivity index (χ0v) is 22.6. The Morgan fingerprint density at radius 2 is 1.95 bits per heavy atom. The number of carbonyl (C=O) groups excluding carboxylic acids is 2. The van der Waals surface area contributed by atoms with Crippen molar-refractivity contribution in [2.24, 2.45) is 11.7 Å². The third kappa shape index (κ3) is 7.40. The maximum absolute atomic E-state index is 14.0. The van der Waals surface area contributed by atoms with E-state index in [1.54, 1.807) is 25.1 Å². The van der Waals surface area contributed by atoms with Gasteiger partial charge in [0.2, 0.25) is 17.7 Å². The highest BCUT2D eigenvalue weighted by Gasteiger charge is 2.41. The van der Waals surface area contributed by atoms with E-state index in [0.717, 1.165) is 0 Å². The lowest BCUT2D eigenvalue weighted by molar-refractivity contribution is -0.144. The summed E-state index contributed by atoms with van der Waals surface area (Å²) in [6.45, 7) is 2.15. The first-order chi connectivity index (χ1) is 19.3. The summed E-state index contributed by atoms with van der Waals surface area (Å²) in [5, 5.41) is 7.09. The van der Waals surface area contributed by atoms with Gasteiger partial charge in [0.1, 0.15) is 11.2 Å². The van der Waals surface area contributed by atoms with Gasteiger partial charge in [-0.3, -0.25) is 14.3 Å². The molecule has 2 aromatic heterocycles. The van der Waals surface area contributed by atoms with Crippen LogP contribution in [0.3, 0.4) is 0 Å². The minimum atomic E-state index is -4.46. The third-order valence-electron chi connectivity index (χ3n) is 7.30. The number of carbonyl (C=O) groups is 2. The second kappa shape index (κ2) is 12.1. The SMILES string of the molecule is CCn1nc(C(c2nc3cc(C(COC)NC(=O)CCC(F)(F)F)ccc3o2)C2CCC(F)(F)CC2)cc1C(N)=O. The molecule has 1 aromatic carbocycles. The smallest absolute Gasteiger partial charge is 0.389 e. The van der Waals surface area contributed by atoms with Crippen molar-refractivity contribution in [3.63, 3.8) is 0 Å². The van der Waals surface area contributed by atoms with E-state index in [4.69, 9.17) is 14.9 Å². The van der Waals surface area contributed by atoms with E-state index in [2.05, 4.69) is 15.4 Å². The molecule has 3 N–H and O–H groups in total. The molecule has 0 spiro atoms. The van der Waals surface area contributed by atoms with Gasteiger partial charge in [0, 0.05) is 32.9 Å². The highest BCUT2D eigenvalue weighted by molar-refractivity contribution is 5.91. The number of hydrogen-bond donors (Lipinski definition) is 2. The molecule has 224 valence electrons. The first-order valence-corrected chi connectivity index (χ1v) is 13.3. The molecule has 2 atom stereocenters. The number of alkyl halides is 5. The van der Waals surface area contributed by atoms with E-state index in [0.29, 0.717) is 28.9 Å². The number of halogens is 5. The Labute approximate surface area is 232 Å². The van der Waals surface area contributed by atoms with Crippen molar-refractivity contribution < 1.29 is 40.7 Å². The second-order valence-electron chi connectivity index (χ2n) is 10.3. The molecule has 4 rings (SSSR count). The van der Waals surface area contributed by atoms with Gasteiger partial charge in [-0.1, -0.05) is 6.07 Å². The molecule has 0 bridgehead atoms. The number of nitrogens with two attached hydrogens (primary N) is 1. The van der Waals surface area contributed by atoms with E-state index in [9.17, 15) is 31.5 Å². The van der Waals surface area contributed by atoms with Crippen molar-refractivity contribution >= 4 is 22.9 Å². The van der Waals surface area contributed by atoms with Crippen LogP contribution in [0.25, 0.3) is 11.1 Å². The van der Waals surface area contributed by atoms with Gasteiger partial charge in [-0.2, -0.15) is 18.3 Å². The first-order valence-electron chi connectivity index (χ1n) is 13.3. The van der Waals surface area contributed by atoms with E-state index in [1.807, 2.05) is 0 Å². The maximum atomic E-state index is 14.0. The minimum absolute atomic E-state index is 0.00275. The quantitative estimate of drug-likeness (QED) is 0.296. The van der Waals surface area contributed by atoms with Crippen molar-refractivity contribution in [2.45, 2.75) is 76.1 Å². The van der Waals surface area contributed by atoms with Crippen molar-refractivity contribution in [2.75, 3.05) is 13.7 Å². The van der Waals surface area contributed by atoms with Crippen LogP contribution in [-0.4, -0.2) is 52.4 Å². The number of oxazole rings is 1. The van der Waals surface area contributed by atoms with Gasteiger partial charge < -0.3 is 20.2 Å². The number of rotatable bonds is 11. The highest BCUT2D eigenvalue weighted by Crippen LogP contribution is 2.45. The standard InChI is InChI=1S/C27H32F5N5O4/c1-3-37-20(24(33)39)13-18(36-37)23(15-6-9-26(28,29)10-7-15)25-35-17-12-16(4-5-21(17)41-25)19(14-40-2)34-22(38)8-11-27(30,31)32/h4-5,12-13,15,19,23H,3,6-11,14H2,1-2H3,(H2,33,39)(H,34,38). The van der Waals surface area contributed by atoms with Gasteiger partial charge in [0.15, 0.2) is 5.58 Å². The average molecular weight is 586 g/mol. The molecule has 0 saturated heterocycles. The number of methoxy groups -OCH3 is 1. The van der Waals surface area contributed by atoms with E-state index in [-0.39, 0.29) is 49.8 Å². The zero-order valence-electron chi connectivity index (χ0n) is 22.6. The summed E-state index contributed by atoms with van der Waals surface area (Å²) in [5.41, 5.74) is 7.42. The fraction of sp³-hybridized carbons (Fsp3) is 0.556. The summed E-state index contributed by atoms with van der Waals surface area (Å²) >= 11 is 0. The van der Waals surface area contributed by atoms with Crippen LogP contribution >= 0.6 is 0 Å². The Kier molecular flexibility index (Phi) is 9.00. The van der Waals surface area contributed by atoms with Gasteiger partial charge in [0.25, 0.3) is 5.91 Å². The average Bonchev–Trinajstić information content (AvgIpc) is 3.52. The van der Waals surface area contributed by atoms with E-state index >= 15 is 0 Å². The summed E-state index contributed by atoms with van der Waals surface area (Å²) in [6.07, 6.45) is -6.66. The lowest BCUT2D eigenvalue weighted by Gasteiger charge is -2.31. The van der Waals surface area contributed by atoms with Crippen LogP contribution < -0.4 is 11.1 Å². The molecular weight excluding hydrogens is 553 g/mol. The number of hydrogen-bond acceptors (Lipinski definition) is 6. The number of benzene rings is 1. The van der Waals surface area contributed by atoms with Gasteiger partial charge in [-0.05, 0) is 49.4 Å². The van der Waals surface area contributed by atoms with Crippen LogP contribution in [0.2, 0.25) is 0 Å². The Morgan fingerprint density at radius 1 is 1.24 bits per heavy atom. The van der Waals surface area contributed by atoms with Crippen molar-refractivity contribution in [1.82, 2.24) is 20.1 Å². The second-order valence-corrected chi connectivity index (χ2v) is 10.3. The molecule has 1 fully saturated rings. The number of nitrogens with one attached hydrogen (secondary N) is 1. The summed E-state index contributed by atoms with van der Waals surface area (Å²) < 4.78 is 78.4. The predicted molar refractivity (Wildman–Crippen MR) is 137 cm³/mol. The van der Waals surface area contributed by atoms with Crippen LogP contribution in [0.15, 0.2) is 28.7 Å².